The van der Waals surface area contributed by atoms with E-state index in [1.807, 2.05) is 0 Å². The molecule has 1 aromatic carbocycles. The van der Waals surface area contributed by atoms with Gasteiger partial charge in [-0.15, -0.1) is 0 Å². The predicted molar refractivity (Wildman–Crippen MR) is 104 cm³/mol. The zero-order valence-electron chi connectivity index (χ0n) is 16.8. The Bertz CT molecular complexity index is 642. The summed E-state index contributed by atoms with van der Waals surface area (Å²) in [7, 11) is 0. The lowest BCUT2D eigenvalue weighted by atomic mass is 10.1. The number of alkyl carbamates (subject to hydrolysis) is 1. The van der Waals surface area contributed by atoms with Crippen LogP contribution in [0.15, 0.2) is 24.3 Å². The lowest BCUT2D eigenvalue weighted by Crippen LogP contribution is -2.35. The van der Waals surface area contributed by atoms with Crippen LogP contribution in [0, 0.1) is 5.82 Å². The number of ether oxygens (including phenoxy) is 1. The Morgan fingerprint density at radius 1 is 0.893 bits per heavy atom. The second-order valence-electron chi connectivity index (χ2n) is 7.36. The maximum atomic E-state index is 12.8. The van der Waals surface area contributed by atoms with Gasteiger partial charge >= 0.3 is 6.09 Å². The number of rotatable bonds is 10. The van der Waals surface area contributed by atoms with Crippen molar-refractivity contribution >= 4 is 17.9 Å². The monoisotopic (exact) mass is 395 g/mol. The highest BCUT2D eigenvalue weighted by atomic mass is 19.1. The minimum atomic E-state index is -0.574. The minimum absolute atomic E-state index is 0.0859. The summed E-state index contributed by atoms with van der Waals surface area (Å²) in [5.41, 5.74) is 0.333. The Hall–Kier alpha value is -2.64. The molecule has 1 rings (SSSR count). The third-order valence-corrected chi connectivity index (χ3v) is 3.57. The number of nitrogens with one attached hydrogen (secondary N) is 3. The molecule has 0 saturated carbocycles. The number of halogens is 1. The second kappa shape index (κ2) is 11.9. The molecule has 0 heterocycles. The molecule has 7 nitrogen and oxygen atoms in total. The average Bonchev–Trinajstić information content (AvgIpc) is 2.59. The summed E-state index contributed by atoms with van der Waals surface area (Å²) >= 11 is 0. The smallest absolute Gasteiger partial charge is 0.407 e. The van der Waals surface area contributed by atoms with Gasteiger partial charge in [0.2, 0.25) is 11.8 Å². The van der Waals surface area contributed by atoms with Gasteiger partial charge in [-0.2, -0.15) is 0 Å². The maximum absolute atomic E-state index is 12.8. The van der Waals surface area contributed by atoms with Gasteiger partial charge in [0.25, 0.3) is 0 Å². The van der Waals surface area contributed by atoms with Gasteiger partial charge in [-0.25, -0.2) is 9.18 Å². The topological polar surface area (TPSA) is 96.5 Å². The van der Waals surface area contributed by atoms with Crippen LogP contribution in [0.25, 0.3) is 0 Å². The highest BCUT2D eigenvalue weighted by Gasteiger charge is 2.15. The van der Waals surface area contributed by atoms with E-state index in [1.165, 1.54) is 12.1 Å². The molecule has 156 valence electrons. The second-order valence-corrected chi connectivity index (χ2v) is 7.36. The van der Waals surface area contributed by atoms with Crippen molar-refractivity contribution in [3.8, 4) is 0 Å². The number of carbonyl (C=O) groups excluding carboxylic acids is 3. The Morgan fingerprint density at radius 2 is 1.46 bits per heavy atom. The fraction of sp³-hybridized carbons (Fsp3) is 0.550. The van der Waals surface area contributed by atoms with Crippen LogP contribution in [0.5, 0.6) is 0 Å². The summed E-state index contributed by atoms with van der Waals surface area (Å²) in [5, 5.41) is 8.02. The van der Waals surface area contributed by atoms with E-state index in [0.29, 0.717) is 32.4 Å². The first kappa shape index (κ1) is 23.4. The predicted octanol–water partition coefficient (Wildman–Crippen LogP) is 2.30. The third kappa shape index (κ3) is 11.9. The van der Waals surface area contributed by atoms with Gasteiger partial charge in [-0.1, -0.05) is 12.1 Å². The van der Waals surface area contributed by atoms with Crippen molar-refractivity contribution < 1.29 is 23.5 Å². The molecule has 0 radical (unpaired) electrons. The fourth-order valence-corrected chi connectivity index (χ4v) is 2.22. The molecule has 0 bridgehead atoms. The van der Waals surface area contributed by atoms with E-state index in [2.05, 4.69) is 16.0 Å². The lowest BCUT2D eigenvalue weighted by Gasteiger charge is -2.19. The Kier molecular flexibility index (Phi) is 9.98. The molecule has 1 aromatic rings. The van der Waals surface area contributed by atoms with Gasteiger partial charge in [-0.3, -0.25) is 9.59 Å². The SMILES string of the molecule is CC(C)(C)OC(=O)NCCC(=O)NCCCNC(=O)CCc1ccc(F)cc1. The molecule has 0 spiro atoms. The third-order valence-electron chi connectivity index (χ3n) is 3.57. The van der Waals surface area contributed by atoms with E-state index in [-0.39, 0.29) is 30.6 Å². The molecule has 0 aliphatic heterocycles. The number of benzene rings is 1. The molecule has 0 atom stereocenters. The van der Waals surface area contributed by atoms with Gasteiger partial charge in [-0.05, 0) is 51.3 Å². The molecule has 0 aliphatic rings. The summed E-state index contributed by atoms with van der Waals surface area (Å²) in [5.74, 6) is -0.563. The van der Waals surface area contributed by atoms with Crippen LogP contribution in [0.2, 0.25) is 0 Å². The molecule has 0 saturated heterocycles. The Morgan fingerprint density at radius 3 is 2.04 bits per heavy atom. The van der Waals surface area contributed by atoms with Crippen molar-refractivity contribution in [3.63, 3.8) is 0 Å². The standard InChI is InChI=1S/C20H30FN3O4/c1-20(2,3)28-19(27)24-14-11-18(26)23-13-4-12-22-17(25)10-7-15-5-8-16(21)9-6-15/h5-6,8-9H,4,7,10-14H2,1-3H3,(H,22,25)(H,23,26)(H,24,27). The van der Waals surface area contributed by atoms with Gasteiger partial charge in [0.05, 0.1) is 0 Å². The largest absolute Gasteiger partial charge is 0.444 e. The average molecular weight is 395 g/mol. The quantitative estimate of drug-likeness (QED) is 0.530. The van der Waals surface area contributed by atoms with Gasteiger partial charge in [0, 0.05) is 32.5 Å². The van der Waals surface area contributed by atoms with Crippen LogP contribution in [-0.2, 0) is 20.7 Å². The Balaban J connectivity index is 2.02. The number of hydrogen-bond donors (Lipinski definition) is 3. The number of amides is 3. The molecular weight excluding hydrogens is 365 g/mol. The van der Waals surface area contributed by atoms with Crippen molar-refractivity contribution in [2.75, 3.05) is 19.6 Å². The minimum Gasteiger partial charge on any atom is -0.444 e. The van der Waals surface area contributed by atoms with Gasteiger partial charge in [0.15, 0.2) is 0 Å². The maximum Gasteiger partial charge on any atom is 0.407 e. The molecular formula is C20H30FN3O4. The van der Waals surface area contributed by atoms with E-state index in [0.717, 1.165) is 5.56 Å². The zero-order valence-corrected chi connectivity index (χ0v) is 16.8. The molecule has 3 N–H and O–H groups in total. The summed E-state index contributed by atoms with van der Waals surface area (Å²) in [6, 6.07) is 6.07. The van der Waals surface area contributed by atoms with Crippen LogP contribution in [0.1, 0.15) is 45.6 Å². The van der Waals surface area contributed by atoms with Crippen LogP contribution in [-0.4, -0.2) is 43.1 Å². The number of hydrogen-bond acceptors (Lipinski definition) is 4. The molecule has 0 unspecified atom stereocenters. The first-order valence-corrected chi connectivity index (χ1v) is 9.40. The van der Waals surface area contributed by atoms with E-state index < -0.39 is 11.7 Å². The zero-order chi connectivity index (χ0) is 21.0. The normalized spacial score (nSPS) is 10.9. The van der Waals surface area contributed by atoms with Crippen LogP contribution < -0.4 is 16.0 Å². The number of aryl methyl sites for hydroxylation is 1. The molecule has 0 aliphatic carbocycles. The molecule has 0 aromatic heterocycles. The van der Waals surface area contributed by atoms with Crippen molar-refractivity contribution in [1.82, 2.24) is 16.0 Å². The van der Waals surface area contributed by atoms with Crippen LogP contribution in [0.3, 0.4) is 0 Å². The first-order chi connectivity index (χ1) is 13.2. The van der Waals surface area contributed by atoms with E-state index in [1.54, 1.807) is 32.9 Å². The molecule has 28 heavy (non-hydrogen) atoms. The number of carbonyl (C=O) groups is 3. The first-order valence-electron chi connectivity index (χ1n) is 9.40. The summed E-state index contributed by atoms with van der Waals surface area (Å²) in [6.45, 7) is 6.38. The molecule has 0 fully saturated rings. The van der Waals surface area contributed by atoms with Crippen molar-refractivity contribution in [2.45, 2.75) is 52.1 Å². The van der Waals surface area contributed by atoms with E-state index in [4.69, 9.17) is 4.74 Å². The van der Waals surface area contributed by atoms with Crippen LogP contribution >= 0.6 is 0 Å². The molecule has 3 amide bonds. The van der Waals surface area contributed by atoms with Crippen molar-refractivity contribution in [1.29, 1.82) is 0 Å². The Labute approximate surface area is 165 Å². The van der Waals surface area contributed by atoms with Crippen molar-refractivity contribution in [2.24, 2.45) is 0 Å². The fourth-order valence-electron chi connectivity index (χ4n) is 2.22. The highest BCUT2D eigenvalue weighted by molar-refractivity contribution is 5.77. The van der Waals surface area contributed by atoms with Gasteiger partial charge < -0.3 is 20.7 Å². The van der Waals surface area contributed by atoms with E-state index in [9.17, 15) is 18.8 Å². The summed E-state index contributed by atoms with van der Waals surface area (Å²) < 4.78 is 17.9. The summed E-state index contributed by atoms with van der Waals surface area (Å²) in [4.78, 5) is 34.9. The summed E-state index contributed by atoms with van der Waals surface area (Å²) in [6.07, 6.45) is 1.09. The van der Waals surface area contributed by atoms with E-state index >= 15 is 0 Å². The van der Waals surface area contributed by atoms with Crippen molar-refractivity contribution in [3.05, 3.63) is 35.6 Å². The van der Waals surface area contributed by atoms with Crippen LogP contribution in [0.4, 0.5) is 9.18 Å². The highest BCUT2D eigenvalue weighted by Crippen LogP contribution is 2.06. The lowest BCUT2D eigenvalue weighted by molar-refractivity contribution is -0.121. The molecule has 8 heteroatoms. The van der Waals surface area contributed by atoms with Gasteiger partial charge in [0.1, 0.15) is 11.4 Å².